The van der Waals surface area contributed by atoms with E-state index >= 15 is 0 Å². The zero-order valence-corrected chi connectivity index (χ0v) is 14.5. The van der Waals surface area contributed by atoms with E-state index in [1.165, 1.54) is 30.4 Å². The van der Waals surface area contributed by atoms with Gasteiger partial charge in [0.25, 0.3) is 0 Å². The van der Waals surface area contributed by atoms with Crippen LogP contribution in [0, 0.1) is 12.8 Å². The minimum Gasteiger partial charge on any atom is -0.355 e. The van der Waals surface area contributed by atoms with E-state index in [1.54, 1.807) is 11.8 Å². The highest BCUT2D eigenvalue weighted by molar-refractivity contribution is 7.99. The van der Waals surface area contributed by atoms with Crippen molar-refractivity contribution < 1.29 is 4.79 Å². The Bertz CT molecular complexity index is 419. The molecule has 3 heteroatoms. The summed E-state index contributed by atoms with van der Waals surface area (Å²) in [6.45, 7) is 7.38. The summed E-state index contributed by atoms with van der Waals surface area (Å²) in [5.41, 5.74) is 2.63. The molecule has 0 heterocycles. The molecule has 1 rings (SSSR count). The van der Waals surface area contributed by atoms with Crippen LogP contribution < -0.4 is 5.32 Å². The first kappa shape index (κ1) is 18.1. The van der Waals surface area contributed by atoms with Gasteiger partial charge in [-0.25, -0.2) is 0 Å². The molecular weight excluding hydrogens is 278 g/mol. The maximum absolute atomic E-state index is 11.9. The Morgan fingerprint density at radius 3 is 2.71 bits per heavy atom. The number of rotatable bonds is 10. The maximum Gasteiger partial charge on any atom is 0.230 e. The van der Waals surface area contributed by atoms with Crippen LogP contribution in [-0.2, 0) is 10.5 Å². The maximum atomic E-state index is 11.9. The van der Waals surface area contributed by atoms with Gasteiger partial charge in [0.15, 0.2) is 0 Å². The average molecular weight is 308 g/mol. The minimum absolute atomic E-state index is 0.170. The summed E-state index contributed by atoms with van der Waals surface area (Å²) in [6, 6.07) is 8.37. The van der Waals surface area contributed by atoms with Crippen LogP contribution in [0.1, 0.15) is 50.7 Å². The molecule has 1 N–H and O–H groups in total. The van der Waals surface area contributed by atoms with Gasteiger partial charge in [0.05, 0.1) is 5.75 Å². The molecule has 21 heavy (non-hydrogen) atoms. The molecule has 2 nitrogen and oxygen atoms in total. The van der Waals surface area contributed by atoms with Gasteiger partial charge in [-0.2, -0.15) is 0 Å². The van der Waals surface area contributed by atoms with Crippen molar-refractivity contribution >= 4 is 17.7 Å². The Morgan fingerprint density at radius 1 is 1.29 bits per heavy atom. The summed E-state index contributed by atoms with van der Waals surface area (Å²) in [6.07, 6.45) is 4.87. The Hall–Kier alpha value is -0.960. The molecule has 0 aliphatic heterocycles. The summed E-state index contributed by atoms with van der Waals surface area (Å²) < 4.78 is 0. The molecule has 1 aromatic rings. The largest absolute Gasteiger partial charge is 0.355 e. The summed E-state index contributed by atoms with van der Waals surface area (Å²) in [5, 5.41) is 3.08. The molecule has 1 atom stereocenters. The van der Waals surface area contributed by atoms with E-state index in [2.05, 4.69) is 50.4 Å². The molecule has 0 fully saturated rings. The number of aryl methyl sites for hydroxylation is 1. The second kappa shape index (κ2) is 10.7. The lowest BCUT2D eigenvalue weighted by molar-refractivity contribution is -0.118. The highest BCUT2D eigenvalue weighted by Crippen LogP contribution is 2.16. The number of amides is 1. The van der Waals surface area contributed by atoms with Gasteiger partial charge in [0.2, 0.25) is 5.91 Å². The van der Waals surface area contributed by atoms with E-state index in [1.807, 2.05) is 0 Å². The minimum atomic E-state index is 0.170. The quantitative estimate of drug-likeness (QED) is 0.686. The standard InChI is InChI=1S/C18H29NOS/c1-4-6-10-16(5-2)12-19-18(20)14-21-13-17-11-8-7-9-15(17)3/h7-9,11,16H,4-6,10,12-14H2,1-3H3,(H,19,20). The highest BCUT2D eigenvalue weighted by Gasteiger charge is 2.08. The van der Waals surface area contributed by atoms with Crippen molar-refractivity contribution in [1.82, 2.24) is 5.32 Å². The van der Waals surface area contributed by atoms with Gasteiger partial charge in [0.1, 0.15) is 0 Å². The third-order valence-electron chi connectivity index (χ3n) is 3.88. The van der Waals surface area contributed by atoms with Gasteiger partial charge in [-0.05, 0) is 30.4 Å². The van der Waals surface area contributed by atoms with Crippen molar-refractivity contribution in [3.63, 3.8) is 0 Å². The molecule has 0 saturated heterocycles. The molecule has 0 aliphatic rings. The number of hydrogen-bond acceptors (Lipinski definition) is 2. The lowest BCUT2D eigenvalue weighted by Gasteiger charge is -2.15. The number of thioether (sulfide) groups is 1. The average Bonchev–Trinajstić information content (AvgIpc) is 2.49. The predicted octanol–water partition coefficient (Wildman–Crippen LogP) is 4.56. The first-order chi connectivity index (χ1) is 10.2. The first-order valence-electron chi connectivity index (χ1n) is 8.06. The van der Waals surface area contributed by atoms with Crippen LogP contribution in [0.25, 0.3) is 0 Å². The van der Waals surface area contributed by atoms with Crippen LogP contribution in [0.15, 0.2) is 24.3 Å². The van der Waals surface area contributed by atoms with E-state index < -0.39 is 0 Å². The van der Waals surface area contributed by atoms with Crippen LogP contribution in [0.2, 0.25) is 0 Å². The number of carbonyl (C=O) groups excluding carboxylic acids is 1. The van der Waals surface area contributed by atoms with Crippen LogP contribution >= 0.6 is 11.8 Å². The molecule has 1 amide bonds. The van der Waals surface area contributed by atoms with E-state index in [9.17, 15) is 4.79 Å². The van der Waals surface area contributed by atoms with Gasteiger partial charge in [-0.3, -0.25) is 4.79 Å². The molecule has 0 bridgehead atoms. The van der Waals surface area contributed by atoms with Crippen molar-refractivity contribution in [3.05, 3.63) is 35.4 Å². The third kappa shape index (κ3) is 7.56. The lowest BCUT2D eigenvalue weighted by Crippen LogP contribution is -2.30. The number of carbonyl (C=O) groups is 1. The van der Waals surface area contributed by atoms with Crippen LogP contribution in [0.5, 0.6) is 0 Å². The zero-order chi connectivity index (χ0) is 15.5. The molecule has 0 aliphatic carbocycles. The van der Waals surface area contributed by atoms with Gasteiger partial charge in [-0.1, -0.05) is 57.4 Å². The Morgan fingerprint density at radius 2 is 2.05 bits per heavy atom. The van der Waals surface area contributed by atoms with Gasteiger partial charge in [-0.15, -0.1) is 11.8 Å². The molecular formula is C18H29NOS. The molecule has 0 radical (unpaired) electrons. The first-order valence-corrected chi connectivity index (χ1v) is 9.21. The summed E-state index contributed by atoms with van der Waals surface area (Å²) >= 11 is 1.69. The van der Waals surface area contributed by atoms with E-state index in [4.69, 9.17) is 0 Å². The number of nitrogens with one attached hydrogen (secondary N) is 1. The summed E-state index contributed by atoms with van der Waals surface area (Å²) in [7, 11) is 0. The molecule has 0 spiro atoms. The molecule has 1 unspecified atom stereocenters. The topological polar surface area (TPSA) is 29.1 Å². The molecule has 0 aromatic heterocycles. The number of benzene rings is 1. The van der Waals surface area contributed by atoms with E-state index in [0.717, 1.165) is 18.7 Å². The Balaban J connectivity index is 2.20. The van der Waals surface area contributed by atoms with E-state index in [-0.39, 0.29) is 5.91 Å². The smallest absolute Gasteiger partial charge is 0.230 e. The second-order valence-corrected chi connectivity index (χ2v) is 6.63. The van der Waals surface area contributed by atoms with Crippen LogP contribution in [0.4, 0.5) is 0 Å². The molecule has 1 aromatic carbocycles. The predicted molar refractivity (Wildman–Crippen MR) is 93.7 cm³/mol. The van der Waals surface area contributed by atoms with Crippen LogP contribution in [0.3, 0.4) is 0 Å². The second-order valence-electron chi connectivity index (χ2n) is 5.64. The monoisotopic (exact) mass is 307 g/mol. The summed E-state index contributed by atoms with van der Waals surface area (Å²) in [5.74, 6) is 2.27. The van der Waals surface area contributed by atoms with Crippen molar-refractivity contribution in [2.24, 2.45) is 5.92 Å². The fourth-order valence-electron chi connectivity index (χ4n) is 2.28. The van der Waals surface area contributed by atoms with Crippen molar-refractivity contribution in [2.45, 2.75) is 52.2 Å². The van der Waals surface area contributed by atoms with Gasteiger partial charge >= 0.3 is 0 Å². The number of hydrogen-bond donors (Lipinski definition) is 1. The normalized spacial score (nSPS) is 12.1. The van der Waals surface area contributed by atoms with Crippen molar-refractivity contribution in [3.8, 4) is 0 Å². The fraction of sp³-hybridized carbons (Fsp3) is 0.611. The summed E-state index contributed by atoms with van der Waals surface area (Å²) in [4.78, 5) is 11.9. The third-order valence-corrected chi connectivity index (χ3v) is 4.86. The van der Waals surface area contributed by atoms with E-state index in [0.29, 0.717) is 11.7 Å². The van der Waals surface area contributed by atoms with Crippen molar-refractivity contribution in [1.29, 1.82) is 0 Å². The van der Waals surface area contributed by atoms with Crippen molar-refractivity contribution in [2.75, 3.05) is 12.3 Å². The fourth-order valence-corrected chi connectivity index (χ4v) is 3.21. The Labute approximate surface area is 134 Å². The lowest BCUT2D eigenvalue weighted by atomic mass is 9.99. The highest BCUT2D eigenvalue weighted by atomic mass is 32.2. The molecule has 118 valence electrons. The molecule has 0 saturated carbocycles. The van der Waals surface area contributed by atoms with Gasteiger partial charge in [0, 0.05) is 12.3 Å². The SMILES string of the molecule is CCCCC(CC)CNC(=O)CSCc1ccccc1C. The number of unbranched alkanes of at least 4 members (excludes halogenated alkanes) is 1. The zero-order valence-electron chi connectivity index (χ0n) is 13.7. The van der Waals surface area contributed by atoms with Gasteiger partial charge < -0.3 is 5.32 Å². The van der Waals surface area contributed by atoms with Crippen LogP contribution in [-0.4, -0.2) is 18.2 Å². The Kier molecular flexibility index (Phi) is 9.24.